The molecule has 3 unspecified atom stereocenters. The maximum Gasteiger partial charge on any atom is 0.0672 e. The molecule has 17 heavy (non-hydrogen) atoms. The summed E-state index contributed by atoms with van der Waals surface area (Å²) in [6, 6.07) is 2.99. The van der Waals surface area contributed by atoms with E-state index in [0.717, 1.165) is 18.9 Å². The molecule has 0 radical (unpaired) electrons. The fraction of sp³-hybridized carbons (Fsp3) is 0.933. The summed E-state index contributed by atoms with van der Waals surface area (Å²) in [4.78, 5) is 2.43. The second-order valence-electron chi connectivity index (χ2n) is 6.87. The highest BCUT2D eigenvalue weighted by Crippen LogP contribution is 2.34. The molecule has 0 aromatic heterocycles. The lowest BCUT2D eigenvalue weighted by Gasteiger charge is -2.40. The standard InChI is InChI=1S/C15H28N2/c1-6-12-7-8-13(10-16)14(9-12)17(5)11-15(2,3)4/h12-14H,6-9,11H2,1-5H3. The van der Waals surface area contributed by atoms with Crippen LogP contribution in [0.25, 0.3) is 0 Å². The van der Waals surface area contributed by atoms with E-state index in [4.69, 9.17) is 0 Å². The van der Waals surface area contributed by atoms with Gasteiger partial charge in [0.2, 0.25) is 0 Å². The SMILES string of the molecule is CCC1CCC(C#N)C(N(C)CC(C)(C)C)C1. The Morgan fingerprint density at radius 2 is 1.94 bits per heavy atom. The number of hydrogen-bond donors (Lipinski definition) is 0. The molecule has 0 aromatic carbocycles. The third-order valence-corrected chi connectivity index (χ3v) is 3.96. The molecule has 3 atom stereocenters. The maximum atomic E-state index is 9.29. The van der Waals surface area contributed by atoms with E-state index in [0.29, 0.717) is 11.5 Å². The van der Waals surface area contributed by atoms with Crippen molar-refractivity contribution in [3.05, 3.63) is 0 Å². The highest BCUT2D eigenvalue weighted by atomic mass is 15.1. The van der Waals surface area contributed by atoms with Crippen molar-refractivity contribution in [2.24, 2.45) is 17.3 Å². The fourth-order valence-corrected chi connectivity index (χ4v) is 3.11. The second kappa shape index (κ2) is 5.87. The topological polar surface area (TPSA) is 27.0 Å². The minimum atomic E-state index is 0.241. The second-order valence-corrected chi connectivity index (χ2v) is 6.87. The number of rotatable bonds is 3. The van der Waals surface area contributed by atoms with Crippen LogP contribution in [0.4, 0.5) is 0 Å². The van der Waals surface area contributed by atoms with Gasteiger partial charge in [-0.2, -0.15) is 5.26 Å². The first-order chi connectivity index (χ1) is 7.87. The molecule has 0 N–H and O–H groups in total. The Morgan fingerprint density at radius 1 is 1.29 bits per heavy atom. The molecule has 0 amide bonds. The summed E-state index contributed by atoms with van der Waals surface area (Å²) in [5.74, 6) is 1.07. The molecule has 1 aliphatic rings. The van der Waals surface area contributed by atoms with E-state index >= 15 is 0 Å². The van der Waals surface area contributed by atoms with E-state index in [-0.39, 0.29) is 5.92 Å². The van der Waals surface area contributed by atoms with Crippen molar-refractivity contribution in [3.8, 4) is 6.07 Å². The molecular formula is C15H28N2. The monoisotopic (exact) mass is 236 g/mol. The van der Waals surface area contributed by atoms with Crippen LogP contribution in [0.15, 0.2) is 0 Å². The van der Waals surface area contributed by atoms with Crippen LogP contribution in [-0.4, -0.2) is 24.5 Å². The summed E-state index contributed by atoms with van der Waals surface area (Å²) in [5.41, 5.74) is 0.313. The minimum absolute atomic E-state index is 0.241. The molecule has 1 fully saturated rings. The molecule has 98 valence electrons. The van der Waals surface area contributed by atoms with Crippen molar-refractivity contribution in [2.45, 2.75) is 59.4 Å². The summed E-state index contributed by atoms with van der Waals surface area (Å²) in [6.45, 7) is 10.2. The Kier molecular flexibility index (Phi) is 5.01. The summed E-state index contributed by atoms with van der Waals surface area (Å²) in [5, 5.41) is 9.29. The molecule has 2 nitrogen and oxygen atoms in total. The van der Waals surface area contributed by atoms with E-state index in [2.05, 4.69) is 45.7 Å². The quantitative estimate of drug-likeness (QED) is 0.747. The Morgan fingerprint density at radius 3 is 2.41 bits per heavy atom. The van der Waals surface area contributed by atoms with E-state index in [1.165, 1.54) is 19.3 Å². The molecule has 0 aromatic rings. The highest BCUT2D eigenvalue weighted by Gasteiger charge is 2.33. The number of hydrogen-bond acceptors (Lipinski definition) is 2. The van der Waals surface area contributed by atoms with Crippen LogP contribution in [-0.2, 0) is 0 Å². The van der Waals surface area contributed by atoms with Crippen LogP contribution < -0.4 is 0 Å². The van der Waals surface area contributed by atoms with Gasteiger partial charge in [0.05, 0.1) is 12.0 Å². The van der Waals surface area contributed by atoms with Gasteiger partial charge in [0.1, 0.15) is 0 Å². The predicted molar refractivity (Wildman–Crippen MR) is 72.6 cm³/mol. The van der Waals surface area contributed by atoms with Crippen LogP contribution in [0, 0.1) is 28.6 Å². The fourth-order valence-electron chi connectivity index (χ4n) is 3.11. The van der Waals surface area contributed by atoms with Crippen molar-refractivity contribution in [3.63, 3.8) is 0 Å². The average Bonchev–Trinajstić information content (AvgIpc) is 2.25. The normalized spacial score (nSPS) is 30.3. The zero-order valence-corrected chi connectivity index (χ0v) is 12.2. The Labute approximate surface area is 107 Å². The zero-order valence-electron chi connectivity index (χ0n) is 12.2. The van der Waals surface area contributed by atoms with Crippen LogP contribution in [0.5, 0.6) is 0 Å². The van der Waals surface area contributed by atoms with Gasteiger partial charge in [-0.25, -0.2) is 0 Å². The first-order valence-electron chi connectivity index (χ1n) is 6.97. The van der Waals surface area contributed by atoms with Gasteiger partial charge in [0, 0.05) is 12.6 Å². The smallest absolute Gasteiger partial charge is 0.0672 e. The number of nitriles is 1. The molecule has 1 saturated carbocycles. The van der Waals surface area contributed by atoms with Crippen molar-refractivity contribution in [1.29, 1.82) is 5.26 Å². The molecule has 1 aliphatic carbocycles. The minimum Gasteiger partial charge on any atom is -0.302 e. The van der Waals surface area contributed by atoms with Gasteiger partial charge in [-0.1, -0.05) is 34.1 Å². The van der Waals surface area contributed by atoms with Crippen LogP contribution in [0.3, 0.4) is 0 Å². The van der Waals surface area contributed by atoms with Gasteiger partial charge in [-0.3, -0.25) is 0 Å². The molecular weight excluding hydrogens is 208 g/mol. The van der Waals surface area contributed by atoms with Crippen LogP contribution >= 0.6 is 0 Å². The molecule has 1 rings (SSSR count). The van der Waals surface area contributed by atoms with E-state index in [1.54, 1.807) is 0 Å². The third kappa shape index (κ3) is 4.32. The van der Waals surface area contributed by atoms with Gasteiger partial charge in [0.25, 0.3) is 0 Å². The van der Waals surface area contributed by atoms with E-state index in [9.17, 15) is 5.26 Å². The largest absolute Gasteiger partial charge is 0.302 e. The molecule has 0 spiro atoms. The van der Waals surface area contributed by atoms with Crippen molar-refractivity contribution >= 4 is 0 Å². The maximum absolute atomic E-state index is 9.29. The summed E-state index contributed by atoms with van der Waals surface area (Å²) in [6.07, 6.45) is 4.81. The number of nitrogens with zero attached hydrogens (tertiary/aromatic N) is 2. The highest BCUT2D eigenvalue weighted by molar-refractivity contribution is 4.97. The molecule has 0 saturated heterocycles. The van der Waals surface area contributed by atoms with Crippen LogP contribution in [0.1, 0.15) is 53.4 Å². The lowest BCUT2D eigenvalue weighted by Crippen LogP contribution is -2.45. The van der Waals surface area contributed by atoms with Gasteiger partial charge >= 0.3 is 0 Å². The first kappa shape index (κ1) is 14.5. The van der Waals surface area contributed by atoms with Crippen molar-refractivity contribution < 1.29 is 0 Å². The van der Waals surface area contributed by atoms with E-state index in [1.807, 2.05) is 0 Å². The average molecular weight is 236 g/mol. The Balaban J connectivity index is 2.66. The molecule has 0 bridgehead atoms. The van der Waals surface area contributed by atoms with Crippen molar-refractivity contribution in [2.75, 3.05) is 13.6 Å². The lowest BCUT2D eigenvalue weighted by atomic mass is 9.77. The Bertz CT molecular complexity index is 272. The summed E-state index contributed by atoms with van der Waals surface area (Å²) < 4.78 is 0. The summed E-state index contributed by atoms with van der Waals surface area (Å²) >= 11 is 0. The van der Waals surface area contributed by atoms with Gasteiger partial charge in [-0.15, -0.1) is 0 Å². The van der Waals surface area contributed by atoms with Gasteiger partial charge in [-0.05, 0) is 37.6 Å². The van der Waals surface area contributed by atoms with Gasteiger partial charge < -0.3 is 4.90 Å². The molecule has 2 heteroatoms. The predicted octanol–water partition coefficient (Wildman–Crippen LogP) is 3.68. The lowest BCUT2D eigenvalue weighted by molar-refractivity contribution is 0.0930. The van der Waals surface area contributed by atoms with Crippen molar-refractivity contribution in [1.82, 2.24) is 4.90 Å². The van der Waals surface area contributed by atoms with E-state index < -0.39 is 0 Å². The third-order valence-electron chi connectivity index (χ3n) is 3.96. The van der Waals surface area contributed by atoms with Crippen LogP contribution in [0.2, 0.25) is 0 Å². The zero-order chi connectivity index (χ0) is 13.1. The van der Waals surface area contributed by atoms with Gasteiger partial charge in [0.15, 0.2) is 0 Å². The molecule has 0 aliphatic heterocycles. The first-order valence-corrected chi connectivity index (χ1v) is 6.97. The summed E-state index contributed by atoms with van der Waals surface area (Å²) in [7, 11) is 2.19. The Hall–Kier alpha value is -0.550. The molecule has 0 heterocycles.